The molecule has 0 aromatic heterocycles. The van der Waals surface area contributed by atoms with Crippen molar-refractivity contribution in [1.82, 2.24) is 0 Å². The molecule has 1 N–H and O–H groups in total. The summed E-state index contributed by atoms with van der Waals surface area (Å²) in [4.78, 5) is 0. The van der Waals surface area contributed by atoms with Crippen LogP contribution in [0.4, 0.5) is 22.0 Å². The van der Waals surface area contributed by atoms with Crippen LogP contribution in [0, 0.1) is 5.41 Å². The fraction of sp³-hybridized carbons (Fsp3) is 0.167. The van der Waals surface area contributed by atoms with Gasteiger partial charge in [-0.25, -0.2) is 0 Å². The first-order valence-corrected chi connectivity index (χ1v) is 2.55. The number of allylic oxidation sites excluding steroid dienone is 1. The molecule has 70 valence electrons. The van der Waals surface area contributed by atoms with E-state index in [0.29, 0.717) is 0 Å². The summed E-state index contributed by atoms with van der Waals surface area (Å²) in [5.74, 6) is -1.73. The maximum atomic E-state index is 11.6. The van der Waals surface area contributed by atoms with Gasteiger partial charge in [-0.3, -0.25) is 0 Å². The largest absolute Gasteiger partial charge is 0.307 e. The minimum atomic E-state index is -2.43. The maximum absolute atomic E-state index is 11.6. The van der Waals surface area contributed by atoms with Crippen LogP contribution in [-0.2, 0) is 0 Å². The highest BCUT2D eigenvalue weighted by atomic mass is 19.3. The van der Waals surface area contributed by atoms with Crippen LogP contribution in [0.15, 0.2) is 24.6 Å². The van der Waals surface area contributed by atoms with Crippen molar-refractivity contribution in [3.05, 3.63) is 24.6 Å². The predicted octanol–water partition coefficient (Wildman–Crippen LogP) is 3.50. The summed E-state index contributed by atoms with van der Waals surface area (Å²) in [6.45, 7) is 3.18. The lowest BCUT2D eigenvalue weighted by Crippen LogP contribution is -1.88. The summed E-state index contributed by atoms with van der Waals surface area (Å²) >= 11 is 0. The molecule has 0 fully saturated rings. The second-order valence-electron chi connectivity index (χ2n) is 1.54. The van der Waals surface area contributed by atoms with Gasteiger partial charge in [0.15, 0.2) is 0 Å². The van der Waals surface area contributed by atoms with Crippen LogP contribution in [0.3, 0.4) is 0 Å². The van der Waals surface area contributed by atoms with E-state index in [1.54, 1.807) is 0 Å². The normalized spacial score (nSPS) is 7.83. The van der Waals surface area contributed by atoms with E-state index in [-0.39, 0.29) is 0 Å². The Labute approximate surface area is 65.7 Å². The third kappa shape index (κ3) is 11.6. The number of hydrogen-bond acceptors (Lipinski definition) is 1. The summed E-state index contributed by atoms with van der Waals surface area (Å²) in [6, 6.07) is 0. The molecule has 0 heterocycles. The Morgan fingerprint density at radius 1 is 1.08 bits per heavy atom. The molecule has 6 heteroatoms. The lowest BCUT2D eigenvalue weighted by atomic mass is 10.4. The van der Waals surface area contributed by atoms with Gasteiger partial charge in [0.2, 0.25) is 5.83 Å². The summed E-state index contributed by atoms with van der Waals surface area (Å²) in [6.07, 6.45) is -4.27. The van der Waals surface area contributed by atoms with Gasteiger partial charge in [-0.05, 0) is 13.5 Å². The molecule has 0 aliphatic carbocycles. The maximum Gasteiger partial charge on any atom is 0.307 e. The van der Waals surface area contributed by atoms with Crippen LogP contribution in [0.1, 0.15) is 6.92 Å². The van der Waals surface area contributed by atoms with E-state index in [0.717, 1.165) is 6.92 Å². The van der Waals surface area contributed by atoms with Crippen molar-refractivity contribution < 1.29 is 22.0 Å². The lowest BCUT2D eigenvalue weighted by molar-refractivity contribution is 0.390. The highest BCUT2D eigenvalue weighted by Crippen LogP contribution is 2.08. The zero-order valence-corrected chi connectivity index (χ0v) is 6.10. The third-order valence-electron chi connectivity index (χ3n) is 0.495. The van der Waals surface area contributed by atoms with Crippen molar-refractivity contribution in [2.45, 2.75) is 6.92 Å². The Hall–Kier alpha value is -1.20. The molecule has 0 saturated heterocycles. The average Bonchev–Trinajstić information content (AvgIpc) is 1.84. The SMILES string of the molecule is C=C(F)F.CC(=N)C(F)=C(F)F. The quantitative estimate of drug-likeness (QED) is 0.479. The molecule has 1 nitrogen and oxygen atoms in total. The van der Waals surface area contributed by atoms with E-state index in [9.17, 15) is 22.0 Å². The zero-order valence-electron chi connectivity index (χ0n) is 6.10. The molecule has 0 aliphatic rings. The summed E-state index contributed by atoms with van der Waals surface area (Å²) in [7, 11) is 0. The smallest absolute Gasteiger partial charge is 0.302 e. The first-order chi connectivity index (χ1) is 5.29. The molecular weight excluding hydrogens is 181 g/mol. The summed E-state index contributed by atoms with van der Waals surface area (Å²) < 4.78 is 53.9. The second kappa shape index (κ2) is 6.51. The van der Waals surface area contributed by atoms with Crippen molar-refractivity contribution in [1.29, 1.82) is 5.41 Å². The number of halogens is 5. The van der Waals surface area contributed by atoms with Crippen molar-refractivity contribution in [3.63, 3.8) is 0 Å². The van der Waals surface area contributed by atoms with Crippen molar-refractivity contribution >= 4 is 5.71 Å². The molecule has 0 spiro atoms. The van der Waals surface area contributed by atoms with E-state index in [1.165, 1.54) is 0 Å². The van der Waals surface area contributed by atoms with Crippen molar-refractivity contribution in [3.8, 4) is 0 Å². The molecule has 12 heavy (non-hydrogen) atoms. The van der Waals surface area contributed by atoms with Gasteiger partial charge in [0.1, 0.15) is 0 Å². The van der Waals surface area contributed by atoms with E-state index < -0.39 is 23.7 Å². The van der Waals surface area contributed by atoms with Gasteiger partial charge in [-0.15, -0.1) is 0 Å². The molecule has 0 radical (unpaired) electrons. The zero-order chi connectivity index (χ0) is 10.3. The molecule has 0 aromatic carbocycles. The van der Waals surface area contributed by atoms with Crippen LogP contribution in [0.25, 0.3) is 0 Å². The van der Waals surface area contributed by atoms with Crippen LogP contribution in [0.2, 0.25) is 0 Å². The van der Waals surface area contributed by atoms with Gasteiger partial charge in [0.05, 0.1) is 5.71 Å². The fourth-order valence-corrected chi connectivity index (χ4v) is 0.142. The highest BCUT2D eigenvalue weighted by Gasteiger charge is 2.05. The molecule has 0 aromatic rings. The Bertz CT molecular complexity index is 200. The van der Waals surface area contributed by atoms with Gasteiger partial charge in [-0.1, -0.05) is 0 Å². The lowest BCUT2D eigenvalue weighted by Gasteiger charge is -1.85. The first-order valence-electron chi connectivity index (χ1n) is 2.55. The minimum Gasteiger partial charge on any atom is -0.302 e. The van der Waals surface area contributed by atoms with Crippen LogP contribution in [-0.4, -0.2) is 5.71 Å². The van der Waals surface area contributed by atoms with E-state index in [2.05, 4.69) is 6.58 Å². The Kier molecular flexibility index (Phi) is 7.26. The van der Waals surface area contributed by atoms with Gasteiger partial charge < -0.3 is 5.41 Å². The van der Waals surface area contributed by atoms with Crippen molar-refractivity contribution in [2.75, 3.05) is 0 Å². The minimum absolute atomic E-state index is 0.745. The Morgan fingerprint density at radius 2 is 1.33 bits per heavy atom. The molecule has 0 aliphatic heterocycles. The molecule has 0 unspecified atom stereocenters. The summed E-state index contributed by atoms with van der Waals surface area (Å²) in [5.41, 5.74) is -0.745. The highest BCUT2D eigenvalue weighted by molar-refractivity contribution is 5.93. The topological polar surface area (TPSA) is 23.9 Å². The van der Waals surface area contributed by atoms with Gasteiger partial charge in [0, 0.05) is 0 Å². The van der Waals surface area contributed by atoms with Crippen LogP contribution >= 0.6 is 0 Å². The Morgan fingerprint density at radius 3 is 1.33 bits per heavy atom. The van der Waals surface area contributed by atoms with Crippen LogP contribution in [0.5, 0.6) is 0 Å². The van der Waals surface area contributed by atoms with E-state index in [1.807, 2.05) is 0 Å². The fourth-order valence-electron chi connectivity index (χ4n) is 0.142. The van der Waals surface area contributed by atoms with Gasteiger partial charge in [-0.2, -0.15) is 22.0 Å². The second-order valence-corrected chi connectivity index (χ2v) is 1.54. The first kappa shape index (κ1) is 13.4. The van der Waals surface area contributed by atoms with Crippen molar-refractivity contribution in [2.24, 2.45) is 0 Å². The number of nitrogens with one attached hydrogen (secondary N) is 1. The Balaban J connectivity index is 0. The van der Waals surface area contributed by atoms with Crippen LogP contribution < -0.4 is 0 Å². The number of hydrogen-bond donors (Lipinski definition) is 1. The standard InChI is InChI=1S/C4H4F3N.C2H2F2/c1-2(8)3(5)4(6)7;1-2(3)4/h8H,1H3;1H2. The predicted molar refractivity (Wildman–Crippen MR) is 35.1 cm³/mol. The molecule has 0 saturated carbocycles. The average molecular weight is 187 g/mol. The third-order valence-corrected chi connectivity index (χ3v) is 0.495. The monoisotopic (exact) mass is 187 g/mol. The summed E-state index contributed by atoms with van der Waals surface area (Å²) in [5, 5.41) is 6.32. The molecule has 0 amide bonds. The molecular formula is C6H6F5N. The van der Waals surface area contributed by atoms with Gasteiger partial charge >= 0.3 is 6.08 Å². The molecule has 0 rings (SSSR count). The van der Waals surface area contributed by atoms with E-state index in [4.69, 9.17) is 5.41 Å². The molecule has 0 atom stereocenters. The number of rotatable bonds is 1. The van der Waals surface area contributed by atoms with E-state index >= 15 is 0 Å². The van der Waals surface area contributed by atoms with Gasteiger partial charge in [0.25, 0.3) is 6.08 Å². The molecule has 0 bridgehead atoms.